The molecule has 0 N–H and O–H groups in total. The van der Waals surface area contributed by atoms with Gasteiger partial charge in [-0.1, -0.05) is 17.4 Å². The summed E-state index contributed by atoms with van der Waals surface area (Å²) in [6.07, 6.45) is 1.72. The summed E-state index contributed by atoms with van der Waals surface area (Å²) in [7, 11) is 1.48. The third-order valence-electron chi connectivity index (χ3n) is 3.03. The number of aromatic nitrogens is 3. The van der Waals surface area contributed by atoms with E-state index in [2.05, 4.69) is 10.1 Å². The number of benzene rings is 1. The van der Waals surface area contributed by atoms with Gasteiger partial charge in [0.25, 0.3) is 5.56 Å². The molecule has 0 aliphatic carbocycles. The zero-order valence-corrected chi connectivity index (χ0v) is 13.5. The molecule has 0 aliphatic heterocycles. The maximum atomic E-state index is 12.3. The van der Waals surface area contributed by atoms with E-state index in [1.807, 2.05) is 0 Å². The highest BCUT2D eigenvalue weighted by Gasteiger charge is 2.10. The summed E-state index contributed by atoms with van der Waals surface area (Å²) in [5, 5.41) is 4.06. The first kappa shape index (κ1) is 15.2. The molecule has 0 amide bonds. The molecule has 0 saturated carbocycles. The fraction of sp³-hybridized carbons (Fsp3) is 0.200. The van der Waals surface area contributed by atoms with Crippen LogP contribution in [0.25, 0.3) is 11.0 Å². The molecule has 3 rings (SSSR count). The number of aryl methyl sites for hydroxylation is 1. The molecule has 118 valence electrons. The van der Waals surface area contributed by atoms with Crippen molar-refractivity contribution in [1.82, 2.24) is 14.6 Å². The fourth-order valence-corrected chi connectivity index (χ4v) is 3.05. The minimum Gasteiger partial charge on any atom is -0.493 e. The van der Waals surface area contributed by atoms with Crippen molar-refractivity contribution in [3.05, 3.63) is 44.5 Å². The molecule has 0 fully saturated rings. The SMILES string of the molecule is COc1cc(/C=c2\sc3nc(C)nn3c2=O)ccc1OC(C)=O. The number of carbonyl (C=O) groups is 1. The van der Waals surface area contributed by atoms with Crippen molar-refractivity contribution in [3.8, 4) is 11.5 Å². The largest absolute Gasteiger partial charge is 0.493 e. The maximum Gasteiger partial charge on any atom is 0.308 e. The lowest BCUT2D eigenvalue weighted by Crippen LogP contribution is -2.23. The summed E-state index contributed by atoms with van der Waals surface area (Å²) < 4.78 is 12.1. The highest BCUT2D eigenvalue weighted by atomic mass is 32.1. The number of hydrogen-bond donors (Lipinski definition) is 0. The molecule has 0 spiro atoms. The van der Waals surface area contributed by atoms with Crippen molar-refractivity contribution < 1.29 is 14.3 Å². The van der Waals surface area contributed by atoms with Gasteiger partial charge in [0.05, 0.1) is 11.6 Å². The molecule has 3 aromatic rings. The Hall–Kier alpha value is -2.74. The van der Waals surface area contributed by atoms with Crippen molar-refractivity contribution in [3.63, 3.8) is 0 Å². The smallest absolute Gasteiger partial charge is 0.308 e. The van der Waals surface area contributed by atoms with Crippen molar-refractivity contribution in [2.75, 3.05) is 7.11 Å². The summed E-state index contributed by atoms with van der Waals surface area (Å²) in [5.41, 5.74) is 0.532. The second-order valence-electron chi connectivity index (χ2n) is 4.77. The Labute approximate surface area is 134 Å². The first-order valence-electron chi connectivity index (χ1n) is 6.72. The van der Waals surface area contributed by atoms with Gasteiger partial charge in [-0.2, -0.15) is 4.52 Å². The van der Waals surface area contributed by atoms with Crippen LogP contribution in [0, 0.1) is 6.92 Å². The molecule has 7 nitrogen and oxygen atoms in total. The van der Waals surface area contributed by atoms with E-state index in [1.54, 1.807) is 31.2 Å². The number of esters is 1. The molecular weight excluding hydrogens is 318 g/mol. The summed E-state index contributed by atoms with van der Waals surface area (Å²) in [6.45, 7) is 3.06. The third kappa shape index (κ3) is 2.93. The van der Waals surface area contributed by atoms with Crippen LogP contribution in [0.3, 0.4) is 0 Å². The van der Waals surface area contributed by atoms with E-state index >= 15 is 0 Å². The lowest BCUT2D eigenvalue weighted by molar-refractivity contribution is -0.132. The van der Waals surface area contributed by atoms with Crippen molar-refractivity contribution >= 4 is 28.3 Å². The Kier molecular flexibility index (Phi) is 3.83. The van der Waals surface area contributed by atoms with E-state index in [4.69, 9.17) is 9.47 Å². The number of ether oxygens (including phenoxy) is 2. The van der Waals surface area contributed by atoms with Gasteiger partial charge in [0.1, 0.15) is 5.82 Å². The summed E-state index contributed by atoms with van der Waals surface area (Å²) >= 11 is 1.26. The quantitative estimate of drug-likeness (QED) is 0.525. The first-order chi connectivity index (χ1) is 11.0. The minimum absolute atomic E-state index is 0.214. The molecule has 0 unspecified atom stereocenters. The van der Waals surface area contributed by atoms with Gasteiger partial charge in [-0.15, -0.1) is 5.10 Å². The number of fused-ring (bicyclic) bond motifs is 1. The minimum atomic E-state index is -0.428. The van der Waals surface area contributed by atoms with E-state index in [9.17, 15) is 9.59 Å². The standard InChI is InChI=1S/C15H13N3O4S/c1-8-16-15-18(17-8)14(20)13(23-15)7-10-4-5-11(22-9(2)19)12(6-10)21-3/h4-7H,1-3H3/b13-7-. The monoisotopic (exact) mass is 331 g/mol. The molecule has 8 heteroatoms. The normalized spacial score (nSPS) is 11.9. The molecule has 2 heterocycles. The van der Waals surface area contributed by atoms with Crippen LogP contribution in [0.4, 0.5) is 0 Å². The van der Waals surface area contributed by atoms with Crippen LogP contribution >= 0.6 is 11.3 Å². The Morgan fingerprint density at radius 1 is 1.35 bits per heavy atom. The molecule has 2 aromatic heterocycles. The second-order valence-corrected chi connectivity index (χ2v) is 5.78. The second kappa shape index (κ2) is 5.81. The summed E-state index contributed by atoms with van der Waals surface area (Å²) in [6, 6.07) is 5.05. The van der Waals surface area contributed by atoms with Gasteiger partial charge in [0.2, 0.25) is 4.96 Å². The van der Waals surface area contributed by atoms with Gasteiger partial charge in [0, 0.05) is 6.92 Å². The van der Waals surface area contributed by atoms with Gasteiger partial charge in [-0.3, -0.25) is 9.59 Å². The molecule has 1 aromatic carbocycles. The van der Waals surface area contributed by atoms with Gasteiger partial charge >= 0.3 is 5.97 Å². The highest BCUT2D eigenvalue weighted by molar-refractivity contribution is 7.15. The Bertz CT molecular complexity index is 1010. The van der Waals surface area contributed by atoms with Gasteiger partial charge in [-0.05, 0) is 30.7 Å². The molecular formula is C15H13N3O4S. The number of rotatable bonds is 3. The van der Waals surface area contributed by atoms with Crippen LogP contribution in [-0.4, -0.2) is 27.7 Å². The lowest BCUT2D eigenvalue weighted by Gasteiger charge is -2.08. The average molecular weight is 331 g/mol. The number of hydrogen-bond acceptors (Lipinski definition) is 7. The number of thiazole rings is 1. The van der Waals surface area contributed by atoms with Crippen molar-refractivity contribution in [1.29, 1.82) is 0 Å². The fourth-order valence-electron chi connectivity index (χ4n) is 2.10. The van der Waals surface area contributed by atoms with E-state index in [1.165, 1.54) is 29.9 Å². The third-order valence-corrected chi connectivity index (χ3v) is 3.99. The van der Waals surface area contributed by atoms with Gasteiger partial charge in [-0.25, -0.2) is 4.98 Å². The Morgan fingerprint density at radius 3 is 2.78 bits per heavy atom. The lowest BCUT2D eigenvalue weighted by atomic mass is 10.2. The molecule has 0 saturated heterocycles. The highest BCUT2D eigenvalue weighted by Crippen LogP contribution is 2.28. The van der Waals surface area contributed by atoms with Crippen LogP contribution in [0.1, 0.15) is 18.3 Å². The number of methoxy groups -OCH3 is 1. The van der Waals surface area contributed by atoms with E-state index < -0.39 is 5.97 Å². The molecule has 0 aliphatic rings. The molecule has 0 bridgehead atoms. The summed E-state index contributed by atoms with van der Waals surface area (Å²) in [4.78, 5) is 28.1. The van der Waals surface area contributed by atoms with Gasteiger partial charge < -0.3 is 9.47 Å². The average Bonchev–Trinajstić information content (AvgIpc) is 2.99. The van der Waals surface area contributed by atoms with E-state index in [0.29, 0.717) is 26.8 Å². The van der Waals surface area contributed by atoms with Gasteiger partial charge in [0.15, 0.2) is 11.5 Å². The van der Waals surface area contributed by atoms with Crippen LogP contribution in [0.15, 0.2) is 23.0 Å². The number of nitrogens with zero attached hydrogens (tertiary/aromatic N) is 3. The predicted molar refractivity (Wildman–Crippen MR) is 85.0 cm³/mol. The van der Waals surface area contributed by atoms with Crippen LogP contribution in [-0.2, 0) is 4.79 Å². The van der Waals surface area contributed by atoms with E-state index in [0.717, 1.165) is 5.56 Å². The summed E-state index contributed by atoms with van der Waals surface area (Å²) in [5.74, 6) is 0.879. The predicted octanol–water partition coefficient (Wildman–Crippen LogP) is 0.941. The molecule has 0 atom stereocenters. The first-order valence-corrected chi connectivity index (χ1v) is 7.54. The zero-order valence-electron chi connectivity index (χ0n) is 12.7. The van der Waals surface area contributed by atoms with Crippen LogP contribution in [0.2, 0.25) is 0 Å². The molecule has 23 heavy (non-hydrogen) atoms. The van der Waals surface area contributed by atoms with Crippen molar-refractivity contribution in [2.24, 2.45) is 0 Å². The topological polar surface area (TPSA) is 82.8 Å². The zero-order chi connectivity index (χ0) is 16.6. The maximum absolute atomic E-state index is 12.3. The van der Waals surface area contributed by atoms with Crippen molar-refractivity contribution in [2.45, 2.75) is 13.8 Å². The Balaban J connectivity index is 2.07. The van der Waals surface area contributed by atoms with Crippen LogP contribution < -0.4 is 19.6 Å². The van der Waals surface area contributed by atoms with Crippen LogP contribution in [0.5, 0.6) is 11.5 Å². The van der Waals surface area contributed by atoms with E-state index in [-0.39, 0.29) is 5.56 Å². The number of carbonyl (C=O) groups excluding carboxylic acids is 1. The Morgan fingerprint density at radius 2 is 2.13 bits per heavy atom. The molecule has 0 radical (unpaired) electrons.